The number of benzene rings is 1. The van der Waals surface area contributed by atoms with Gasteiger partial charge in [-0.3, -0.25) is 14.7 Å². The number of anilines is 1. The molecule has 5 aliphatic heterocycles. The second kappa shape index (κ2) is 7.16. The number of amides is 1. The number of carbonyl (C=O) groups excluding carboxylic acids is 1. The van der Waals surface area contributed by atoms with E-state index in [0.717, 1.165) is 17.8 Å². The van der Waals surface area contributed by atoms with Crippen LogP contribution < -0.4 is 4.90 Å². The molecule has 2 bridgehead atoms. The molecule has 1 amide bonds. The van der Waals surface area contributed by atoms with Crippen molar-refractivity contribution in [3.05, 3.63) is 29.3 Å². The Bertz CT molecular complexity index is 1130. The van der Waals surface area contributed by atoms with Crippen LogP contribution in [0.5, 0.6) is 0 Å². The minimum absolute atomic E-state index is 0.0717. The summed E-state index contributed by atoms with van der Waals surface area (Å²) >= 11 is 0. The maximum absolute atomic E-state index is 13.8. The van der Waals surface area contributed by atoms with Crippen LogP contribution in [0.15, 0.2) is 23.3 Å². The Hall–Kier alpha value is -2.68. The first-order chi connectivity index (χ1) is 16.2. The summed E-state index contributed by atoms with van der Waals surface area (Å²) in [5.74, 6) is -1.27. The number of halogens is 3. The van der Waals surface area contributed by atoms with Crippen molar-refractivity contribution in [2.45, 2.75) is 43.4 Å². The van der Waals surface area contributed by atoms with Crippen molar-refractivity contribution in [2.24, 2.45) is 16.9 Å². The molecule has 5 saturated heterocycles. The molecule has 5 aliphatic rings. The Morgan fingerprint density at radius 1 is 1.24 bits per heavy atom. The fourth-order valence-electron chi connectivity index (χ4n) is 6.39. The van der Waals surface area contributed by atoms with Crippen LogP contribution in [0.4, 0.5) is 18.9 Å². The van der Waals surface area contributed by atoms with Crippen LogP contribution in [-0.4, -0.2) is 67.0 Å². The number of rotatable bonds is 2. The van der Waals surface area contributed by atoms with Crippen LogP contribution in [0.2, 0.25) is 0 Å². The maximum atomic E-state index is 13.8. The lowest BCUT2D eigenvalue weighted by Gasteiger charge is -2.41. The molecule has 0 aliphatic carbocycles. The largest absolute Gasteiger partial charge is 0.417 e. The Labute approximate surface area is 193 Å². The molecule has 0 unspecified atom stereocenters. The van der Waals surface area contributed by atoms with Gasteiger partial charge in [0, 0.05) is 24.4 Å². The summed E-state index contributed by atoms with van der Waals surface area (Å²) in [5, 5.41) is 15.9. The van der Waals surface area contributed by atoms with Crippen molar-refractivity contribution in [1.29, 1.82) is 5.26 Å². The predicted octanol–water partition coefficient (Wildman–Crippen LogP) is 2.52. The zero-order chi connectivity index (χ0) is 23.9. The van der Waals surface area contributed by atoms with E-state index in [1.807, 2.05) is 11.9 Å². The van der Waals surface area contributed by atoms with Gasteiger partial charge in [0.2, 0.25) is 5.91 Å². The number of nitriles is 1. The van der Waals surface area contributed by atoms with Gasteiger partial charge in [-0.05, 0) is 25.1 Å². The Balaban J connectivity index is 1.41. The first kappa shape index (κ1) is 21.8. The lowest BCUT2D eigenvalue weighted by Crippen LogP contribution is -2.52. The third-order valence-electron chi connectivity index (χ3n) is 7.85. The lowest BCUT2D eigenvalue weighted by atomic mass is 9.65. The molecular formula is C23H23F3N4O4. The van der Waals surface area contributed by atoms with Gasteiger partial charge in [0.25, 0.3) is 0 Å². The fourth-order valence-corrected chi connectivity index (χ4v) is 6.39. The van der Waals surface area contributed by atoms with Crippen LogP contribution in [0.25, 0.3) is 0 Å². The van der Waals surface area contributed by atoms with Crippen molar-refractivity contribution in [3.8, 4) is 6.07 Å². The van der Waals surface area contributed by atoms with E-state index in [4.69, 9.17) is 24.6 Å². The Morgan fingerprint density at radius 3 is 2.71 bits per heavy atom. The monoisotopic (exact) mass is 476 g/mol. The van der Waals surface area contributed by atoms with Gasteiger partial charge in [0.15, 0.2) is 0 Å². The molecule has 180 valence electrons. The molecule has 0 N–H and O–H groups in total. The van der Waals surface area contributed by atoms with Gasteiger partial charge in [-0.1, -0.05) is 0 Å². The zero-order valence-corrected chi connectivity index (χ0v) is 18.5. The van der Waals surface area contributed by atoms with Crippen LogP contribution in [0.1, 0.15) is 30.9 Å². The first-order valence-corrected chi connectivity index (χ1v) is 11.3. The minimum atomic E-state index is -4.72. The summed E-state index contributed by atoms with van der Waals surface area (Å²) < 4.78 is 58.8. The summed E-state index contributed by atoms with van der Waals surface area (Å²) in [6, 6.07) is 4.94. The van der Waals surface area contributed by atoms with Crippen LogP contribution in [0, 0.1) is 23.2 Å². The number of ether oxygens (including phenoxy) is 3. The van der Waals surface area contributed by atoms with Crippen molar-refractivity contribution in [1.82, 2.24) is 5.01 Å². The smallest absolute Gasteiger partial charge is 0.378 e. The number of morpholine rings is 1. The number of fused-ring (bicyclic) bond motifs is 2. The van der Waals surface area contributed by atoms with E-state index in [1.165, 1.54) is 11.0 Å². The topological polar surface area (TPSA) is 87.4 Å². The van der Waals surface area contributed by atoms with Crippen molar-refractivity contribution >= 4 is 17.3 Å². The van der Waals surface area contributed by atoms with E-state index in [0.29, 0.717) is 45.8 Å². The molecule has 11 heteroatoms. The van der Waals surface area contributed by atoms with Gasteiger partial charge in [-0.25, -0.2) is 0 Å². The molecule has 0 aromatic heterocycles. The molecule has 0 radical (unpaired) electrons. The number of alkyl halides is 3. The average molecular weight is 476 g/mol. The van der Waals surface area contributed by atoms with E-state index in [2.05, 4.69) is 0 Å². The number of hydrogen-bond acceptors (Lipinski definition) is 7. The van der Waals surface area contributed by atoms with E-state index >= 15 is 0 Å². The molecule has 1 spiro atoms. The fraction of sp³-hybridized carbons (Fsp3) is 0.609. The summed E-state index contributed by atoms with van der Waals surface area (Å²) in [5.41, 5.74) is -2.29. The van der Waals surface area contributed by atoms with E-state index in [1.54, 1.807) is 6.07 Å². The van der Waals surface area contributed by atoms with Crippen LogP contribution in [0.3, 0.4) is 0 Å². The van der Waals surface area contributed by atoms with Crippen LogP contribution in [-0.2, 0) is 25.2 Å². The second-order valence-corrected chi connectivity index (χ2v) is 9.63. The van der Waals surface area contributed by atoms with Gasteiger partial charge in [0.05, 0.1) is 67.3 Å². The molecule has 5 heterocycles. The Morgan fingerprint density at radius 2 is 2.00 bits per heavy atom. The maximum Gasteiger partial charge on any atom is 0.417 e. The first-order valence-electron chi connectivity index (χ1n) is 11.3. The number of carbonyl (C=O) groups is 1. The summed E-state index contributed by atoms with van der Waals surface area (Å²) in [6.07, 6.45) is -4.30. The van der Waals surface area contributed by atoms with Gasteiger partial charge in [0.1, 0.15) is 11.8 Å². The van der Waals surface area contributed by atoms with Crippen molar-refractivity contribution < 1.29 is 32.2 Å². The highest BCUT2D eigenvalue weighted by Crippen LogP contribution is 2.64. The number of hydrogen-bond donors (Lipinski definition) is 0. The second-order valence-electron chi connectivity index (χ2n) is 9.63. The molecule has 6 rings (SSSR count). The third kappa shape index (κ3) is 2.88. The minimum Gasteiger partial charge on any atom is -0.378 e. The molecule has 5 atom stereocenters. The summed E-state index contributed by atoms with van der Waals surface area (Å²) in [6.45, 7) is 4.64. The van der Waals surface area contributed by atoms with Crippen molar-refractivity contribution in [2.75, 3.05) is 37.8 Å². The predicted molar refractivity (Wildman–Crippen MR) is 112 cm³/mol. The van der Waals surface area contributed by atoms with Gasteiger partial charge in [-0.2, -0.15) is 23.5 Å². The molecule has 34 heavy (non-hydrogen) atoms. The van der Waals surface area contributed by atoms with Crippen LogP contribution >= 0.6 is 0 Å². The van der Waals surface area contributed by atoms with E-state index in [9.17, 15) is 18.0 Å². The Kier molecular flexibility index (Phi) is 4.60. The molecular weight excluding hydrogens is 453 g/mol. The SMILES string of the molecule is C[C@]12O[C@@]3(CCO[C@H]4[C@@H]3[C@@H]1C(=O)N4c1ccc(C#N)c(C(F)(F)F)c1)CC2=NN1CCOCC1. The lowest BCUT2D eigenvalue weighted by molar-refractivity contribution is -0.140. The van der Waals surface area contributed by atoms with E-state index < -0.39 is 40.7 Å². The summed E-state index contributed by atoms with van der Waals surface area (Å²) in [4.78, 5) is 15.1. The molecule has 1 aromatic carbocycles. The zero-order valence-electron chi connectivity index (χ0n) is 18.5. The number of hydrazone groups is 1. The highest BCUT2D eigenvalue weighted by atomic mass is 19.4. The summed E-state index contributed by atoms with van der Waals surface area (Å²) in [7, 11) is 0. The van der Waals surface area contributed by atoms with Gasteiger partial charge < -0.3 is 14.2 Å². The van der Waals surface area contributed by atoms with Gasteiger partial charge >= 0.3 is 6.18 Å². The van der Waals surface area contributed by atoms with Crippen molar-refractivity contribution in [3.63, 3.8) is 0 Å². The molecule has 5 fully saturated rings. The normalized spacial score (nSPS) is 37.9. The standard InChI is InChI=1S/C23H23F3N4O4/c1-21-16(28-29-5-8-32-9-6-29)11-22(34-21)4-7-33-20-18(22)17(21)19(31)30(20)14-3-2-13(12-27)15(10-14)23(24,25)26/h2-3,10,17-18,20H,4-9,11H2,1H3/t17-,18+,20+,21-,22+/m1/s1. The number of nitrogens with zero attached hydrogens (tertiary/aromatic N) is 4. The quantitative estimate of drug-likeness (QED) is 0.652. The van der Waals surface area contributed by atoms with E-state index in [-0.39, 0.29) is 17.5 Å². The molecule has 0 saturated carbocycles. The highest BCUT2D eigenvalue weighted by Gasteiger charge is 2.77. The molecule has 1 aromatic rings. The third-order valence-corrected chi connectivity index (χ3v) is 7.85. The average Bonchev–Trinajstić information content (AvgIpc) is 3.37. The molecule has 8 nitrogen and oxygen atoms in total. The van der Waals surface area contributed by atoms with Gasteiger partial charge in [-0.15, -0.1) is 0 Å². The highest BCUT2D eigenvalue weighted by molar-refractivity contribution is 6.08.